The molecule has 0 spiro atoms. The van der Waals surface area contributed by atoms with Gasteiger partial charge in [0.1, 0.15) is 0 Å². The second kappa shape index (κ2) is 11.1. The van der Waals surface area contributed by atoms with Crippen LogP contribution in [0.25, 0.3) is 0 Å². The van der Waals surface area contributed by atoms with Gasteiger partial charge in [0.05, 0.1) is 0 Å². The van der Waals surface area contributed by atoms with E-state index in [0.29, 0.717) is 29.8 Å². The molecular weight excluding hydrogens is 446 g/mol. The van der Waals surface area contributed by atoms with Crippen LogP contribution in [0.3, 0.4) is 0 Å². The first-order chi connectivity index (χ1) is 14.8. The zero-order valence-electron chi connectivity index (χ0n) is 20.2. The van der Waals surface area contributed by atoms with Crippen molar-refractivity contribution in [3.8, 4) is 0 Å². The molecule has 1 atom stereocenters. The molecule has 0 aliphatic carbocycles. The summed E-state index contributed by atoms with van der Waals surface area (Å²) in [5.74, 6) is -0.818. The number of rotatable bonds is 10. The van der Waals surface area contributed by atoms with Gasteiger partial charge in [0.25, 0.3) is 5.56 Å². The molecule has 0 saturated heterocycles. The molecule has 0 saturated carbocycles. The lowest BCUT2D eigenvalue weighted by atomic mass is 9.93. The zero-order valence-corrected chi connectivity index (χ0v) is 22.0. The van der Waals surface area contributed by atoms with Crippen LogP contribution < -0.4 is 5.56 Å². The normalized spacial score (nSPS) is 13.6. The van der Waals surface area contributed by atoms with Gasteiger partial charge in [-0.05, 0) is 48.9 Å². The highest BCUT2D eigenvalue weighted by molar-refractivity contribution is 7.98. The average molecular weight is 483 g/mol. The highest BCUT2D eigenvalue weighted by atomic mass is 32.2. The summed E-state index contributed by atoms with van der Waals surface area (Å²) < 4.78 is 33.8. The van der Waals surface area contributed by atoms with Crippen LogP contribution in [0.2, 0.25) is 18.1 Å². The van der Waals surface area contributed by atoms with Crippen LogP contribution in [0.4, 0.5) is 8.78 Å². The van der Waals surface area contributed by atoms with E-state index in [1.807, 2.05) is 0 Å². The number of benzene rings is 1. The molecule has 0 amide bonds. The van der Waals surface area contributed by atoms with E-state index in [-0.39, 0.29) is 27.8 Å². The zero-order chi connectivity index (χ0) is 24.1. The monoisotopic (exact) mass is 482 g/mol. The molecule has 0 fully saturated rings. The number of nitrogens with one attached hydrogen (secondary N) is 1. The van der Waals surface area contributed by atoms with Crippen molar-refractivity contribution in [1.82, 2.24) is 9.97 Å². The molecule has 8 heteroatoms. The highest BCUT2D eigenvalue weighted by Gasteiger charge is 2.37. The first kappa shape index (κ1) is 26.7. The fourth-order valence-electron chi connectivity index (χ4n) is 3.18. The largest absolute Gasteiger partial charge is 0.417 e. The SMILES string of the molecule is CC(C)CC(CO[Si](C)(C)C(C)(C)C)Cc1cc(=O)[nH]c(SCc2cccc(F)c2F)n1. The maximum Gasteiger partial charge on any atom is 0.251 e. The van der Waals surface area contributed by atoms with Crippen LogP contribution >= 0.6 is 11.8 Å². The van der Waals surface area contributed by atoms with Crippen LogP contribution in [0.15, 0.2) is 34.2 Å². The molecule has 2 aromatic rings. The van der Waals surface area contributed by atoms with Crippen LogP contribution in [-0.2, 0) is 16.6 Å². The first-order valence-electron chi connectivity index (χ1n) is 11.1. The van der Waals surface area contributed by atoms with Gasteiger partial charge in [-0.1, -0.05) is 58.5 Å². The van der Waals surface area contributed by atoms with Crippen LogP contribution in [-0.4, -0.2) is 24.9 Å². The molecule has 0 aliphatic heterocycles. The Bertz CT molecular complexity index is 958. The summed E-state index contributed by atoms with van der Waals surface area (Å²) in [5, 5.41) is 0.540. The fourth-order valence-corrected chi connectivity index (χ4v) is 5.13. The van der Waals surface area contributed by atoms with E-state index in [1.54, 1.807) is 0 Å². The van der Waals surface area contributed by atoms with Crippen molar-refractivity contribution in [3.05, 3.63) is 57.5 Å². The first-order valence-corrected chi connectivity index (χ1v) is 15.0. The standard InChI is InChI=1S/C24H36F2N2O2SSi/c1-16(2)11-17(14-30-32(6,7)24(3,4)5)12-19-13-21(29)28-23(27-19)31-15-18-9-8-10-20(25)22(18)26/h8-10,13,16-17H,11-12,14-15H2,1-7H3,(H,27,28,29). The Balaban J connectivity index is 2.13. The predicted octanol–water partition coefficient (Wildman–Crippen LogP) is 6.57. The lowest BCUT2D eigenvalue weighted by Crippen LogP contribution is -2.42. The number of hydrogen-bond donors (Lipinski definition) is 1. The van der Waals surface area contributed by atoms with E-state index in [1.165, 1.54) is 30.0 Å². The Morgan fingerprint density at radius 2 is 1.91 bits per heavy atom. The van der Waals surface area contributed by atoms with Gasteiger partial charge < -0.3 is 9.41 Å². The molecule has 4 nitrogen and oxygen atoms in total. The van der Waals surface area contributed by atoms with Crippen molar-refractivity contribution in [2.75, 3.05) is 6.61 Å². The van der Waals surface area contributed by atoms with Gasteiger partial charge in [0.2, 0.25) is 0 Å². The van der Waals surface area contributed by atoms with E-state index in [0.717, 1.165) is 12.5 Å². The molecule has 1 unspecified atom stereocenters. The molecule has 0 aliphatic rings. The summed E-state index contributed by atoms with van der Waals surface area (Å²) in [4.78, 5) is 19.5. The molecule has 178 valence electrons. The highest BCUT2D eigenvalue weighted by Crippen LogP contribution is 2.37. The Morgan fingerprint density at radius 1 is 1.22 bits per heavy atom. The van der Waals surface area contributed by atoms with Gasteiger partial charge in [0, 0.05) is 29.7 Å². The molecule has 1 N–H and O–H groups in total. The van der Waals surface area contributed by atoms with Gasteiger partial charge in [-0.2, -0.15) is 0 Å². The van der Waals surface area contributed by atoms with Gasteiger partial charge in [-0.3, -0.25) is 4.79 Å². The molecule has 1 aromatic carbocycles. The van der Waals surface area contributed by atoms with Crippen LogP contribution in [0.5, 0.6) is 0 Å². The van der Waals surface area contributed by atoms with Crippen molar-refractivity contribution < 1.29 is 13.2 Å². The minimum Gasteiger partial charge on any atom is -0.417 e. The van der Waals surface area contributed by atoms with Gasteiger partial charge >= 0.3 is 0 Å². The van der Waals surface area contributed by atoms with Gasteiger partial charge in [-0.25, -0.2) is 13.8 Å². The van der Waals surface area contributed by atoms with E-state index in [2.05, 4.69) is 57.7 Å². The quantitative estimate of drug-likeness (QED) is 0.236. The fraction of sp³-hybridized carbons (Fsp3) is 0.583. The number of halogens is 2. The Hall–Kier alpha value is -1.51. The lowest BCUT2D eigenvalue weighted by molar-refractivity contribution is 0.206. The van der Waals surface area contributed by atoms with Gasteiger partial charge in [-0.15, -0.1) is 0 Å². The molecule has 1 aromatic heterocycles. The van der Waals surface area contributed by atoms with E-state index >= 15 is 0 Å². The Kier molecular flexibility index (Phi) is 9.25. The van der Waals surface area contributed by atoms with Crippen molar-refractivity contribution in [1.29, 1.82) is 0 Å². The lowest BCUT2D eigenvalue weighted by Gasteiger charge is -2.37. The maximum absolute atomic E-state index is 13.9. The van der Waals surface area contributed by atoms with Crippen LogP contribution in [0, 0.1) is 23.5 Å². The third-order valence-corrected chi connectivity index (χ3v) is 11.4. The summed E-state index contributed by atoms with van der Waals surface area (Å²) in [6.45, 7) is 16.1. The van der Waals surface area contributed by atoms with E-state index in [9.17, 15) is 13.6 Å². The number of nitrogens with zero attached hydrogens (tertiary/aromatic N) is 1. The van der Waals surface area contributed by atoms with Crippen molar-refractivity contribution in [2.45, 2.75) is 76.5 Å². The van der Waals surface area contributed by atoms with Crippen molar-refractivity contribution in [2.24, 2.45) is 11.8 Å². The number of H-pyrrole nitrogens is 1. The molecule has 32 heavy (non-hydrogen) atoms. The smallest absolute Gasteiger partial charge is 0.251 e. The summed E-state index contributed by atoms with van der Waals surface area (Å²) in [5.41, 5.74) is 0.690. The van der Waals surface area contributed by atoms with Gasteiger partial charge in [0.15, 0.2) is 25.1 Å². The van der Waals surface area contributed by atoms with Crippen molar-refractivity contribution >= 4 is 20.1 Å². The molecule has 2 rings (SSSR count). The molecule has 0 bridgehead atoms. The number of hydrogen-bond acceptors (Lipinski definition) is 4. The summed E-state index contributed by atoms with van der Waals surface area (Å²) in [7, 11) is -1.88. The minimum absolute atomic E-state index is 0.132. The topological polar surface area (TPSA) is 55.0 Å². The summed E-state index contributed by atoms with van der Waals surface area (Å²) >= 11 is 1.19. The molecular formula is C24H36F2N2O2SSi. The molecule has 1 heterocycles. The number of aromatic amines is 1. The van der Waals surface area contributed by atoms with Crippen LogP contribution in [0.1, 0.15) is 52.3 Å². The van der Waals surface area contributed by atoms with Crippen molar-refractivity contribution in [3.63, 3.8) is 0 Å². The second-order valence-corrected chi connectivity index (χ2v) is 16.1. The second-order valence-electron chi connectivity index (χ2n) is 10.3. The third-order valence-electron chi connectivity index (χ3n) is 5.96. The number of aromatic nitrogens is 2. The Morgan fingerprint density at radius 3 is 2.53 bits per heavy atom. The maximum atomic E-state index is 13.9. The Labute approximate surface area is 195 Å². The predicted molar refractivity (Wildman–Crippen MR) is 131 cm³/mol. The minimum atomic E-state index is -1.88. The van der Waals surface area contributed by atoms with E-state index in [4.69, 9.17) is 4.43 Å². The third kappa shape index (κ3) is 7.81. The summed E-state index contributed by atoms with van der Waals surface area (Å²) in [6.07, 6.45) is 1.61. The summed E-state index contributed by atoms with van der Waals surface area (Å²) in [6, 6.07) is 5.61. The molecule has 0 radical (unpaired) electrons. The van der Waals surface area contributed by atoms with E-state index < -0.39 is 20.0 Å². The number of thioether (sulfide) groups is 1. The average Bonchev–Trinajstić information content (AvgIpc) is 2.65.